The summed E-state index contributed by atoms with van der Waals surface area (Å²) in [7, 11) is 0. The number of thioether (sulfide) groups is 1. The number of halogens is 1. The van der Waals surface area contributed by atoms with Crippen LogP contribution in [-0.4, -0.2) is 27.3 Å². The number of imide groups is 1. The van der Waals surface area contributed by atoms with E-state index in [1.807, 2.05) is 24.3 Å². The summed E-state index contributed by atoms with van der Waals surface area (Å²) in [5.74, 6) is -0.753. The van der Waals surface area contributed by atoms with Crippen LogP contribution in [-0.2, 0) is 16.0 Å². The van der Waals surface area contributed by atoms with Crippen molar-refractivity contribution in [2.75, 3.05) is 5.32 Å². The fourth-order valence-electron chi connectivity index (χ4n) is 2.12. The molecule has 0 aliphatic carbocycles. The van der Waals surface area contributed by atoms with Gasteiger partial charge in [0.05, 0.1) is 0 Å². The number of carbonyl (C=O) groups is 3. The molecular formula is C15H12BrN3O3S2. The van der Waals surface area contributed by atoms with E-state index in [9.17, 15) is 14.4 Å². The Hall–Kier alpha value is -1.71. The molecule has 0 spiro atoms. The molecule has 2 aromatic rings. The van der Waals surface area contributed by atoms with Crippen molar-refractivity contribution in [3.05, 3.63) is 45.4 Å². The third-order valence-corrected chi connectivity index (χ3v) is 5.65. The zero-order valence-corrected chi connectivity index (χ0v) is 15.5. The van der Waals surface area contributed by atoms with Crippen molar-refractivity contribution in [3.63, 3.8) is 0 Å². The van der Waals surface area contributed by atoms with Gasteiger partial charge >= 0.3 is 0 Å². The maximum absolute atomic E-state index is 12.0. The van der Waals surface area contributed by atoms with Crippen molar-refractivity contribution < 1.29 is 14.4 Å². The Labute approximate surface area is 154 Å². The van der Waals surface area contributed by atoms with Gasteiger partial charge < -0.3 is 5.32 Å². The Morgan fingerprint density at radius 1 is 1.29 bits per heavy atom. The summed E-state index contributed by atoms with van der Waals surface area (Å²) in [4.78, 5) is 39.7. The van der Waals surface area contributed by atoms with Gasteiger partial charge in [0.2, 0.25) is 11.8 Å². The van der Waals surface area contributed by atoms with Crippen LogP contribution in [0.15, 0.2) is 34.9 Å². The van der Waals surface area contributed by atoms with Crippen LogP contribution in [0.4, 0.5) is 9.93 Å². The van der Waals surface area contributed by atoms with Gasteiger partial charge in [0, 0.05) is 28.4 Å². The van der Waals surface area contributed by atoms with Crippen molar-refractivity contribution in [2.24, 2.45) is 0 Å². The van der Waals surface area contributed by atoms with Crippen molar-refractivity contribution in [3.8, 4) is 0 Å². The number of hydrogen-bond acceptors (Lipinski definition) is 6. The molecule has 1 aliphatic heterocycles. The Kier molecular flexibility index (Phi) is 5.32. The molecule has 1 saturated heterocycles. The minimum Gasteiger partial charge on any atom is -0.302 e. The molecule has 1 aromatic carbocycles. The van der Waals surface area contributed by atoms with E-state index in [2.05, 4.69) is 31.5 Å². The summed E-state index contributed by atoms with van der Waals surface area (Å²) < 4.78 is 1.02. The van der Waals surface area contributed by atoms with Crippen molar-refractivity contribution in [1.29, 1.82) is 0 Å². The van der Waals surface area contributed by atoms with Gasteiger partial charge in [0.1, 0.15) is 5.25 Å². The summed E-state index contributed by atoms with van der Waals surface area (Å²) in [6.07, 6.45) is 2.41. The number of rotatable bonds is 5. The molecule has 124 valence electrons. The number of nitrogens with one attached hydrogen (secondary N) is 2. The maximum Gasteiger partial charge on any atom is 0.286 e. The molecule has 9 heteroatoms. The summed E-state index contributed by atoms with van der Waals surface area (Å²) >= 11 is 5.63. The molecule has 1 aromatic heterocycles. The smallest absolute Gasteiger partial charge is 0.286 e. The van der Waals surface area contributed by atoms with Crippen molar-refractivity contribution in [2.45, 2.75) is 18.1 Å². The van der Waals surface area contributed by atoms with Crippen LogP contribution < -0.4 is 10.6 Å². The van der Waals surface area contributed by atoms with Gasteiger partial charge in [-0.05, 0) is 17.7 Å². The molecule has 6 nitrogen and oxygen atoms in total. The Balaban J connectivity index is 1.55. The van der Waals surface area contributed by atoms with E-state index in [4.69, 9.17) is 0 Å². The topological polar surface area (TPSA) is 88.2 Å². The first-order valence-corrected chi connectivity index (χ1v) is 9.49. The Bertz CT molecular complexity index is 792. The van der Waals surface area contributed by atoms with E-state index >= 15 is 0 Å². The zero-order chi connectivity index (χ0) is 17.1. The van der Waals surface area contributed by atoms with Gasteiger partial charge in [0.15, 0.2) is 5.13 Å². The molecule has 1 fully saturated rings. The van der Waals surface area contributed by atoms with E-state index in [0.29, 0.717) is 5.13 Å². The number of amides is 3. The highest BCUT2D eigenvalue weighted by Gasteiger charge is 2.33. The average Bonchev–Trinajstić information content (AvgIpc) is 3.08. The Morgan fingerprint density at radius 2 is 2.04 bits per heavy atom. The SMILES string of the molecule is O=C(C[C@@H]1SC(=O)NC1=O)Nc1ncc(Cc2ccc(Br)cc2)s1. The molecule has 2 N–H and O–H groups in total. The van der Waals surface area contributed by atoms with Crippen LogP contribution >= 0.6 is 39.0 Å². The van der Waals surface area contributed by atoms with E-state index in [1.165, 1.54) is 11.3 Å². The molecular weight excluding hydrogens is 414 g/mol. The molecule has 1 aliphatic rings. The highest BCUT2D eigenvalue weighted by atomic mass is 79.9. The first-order chi connectivity index (χ1) is 11.5. The minimum atomic E-state index is -0.667. The minimum absolute atomic E-state index is 0.0517. The fraction of sp³-hybridized carbons (Fsp3) is 0.200. The molecule has 0 unspecified atom stereocenters. The normalized spacial score (nSPS) is 17.0. The molecule has 0 bridgehead atoms. The zero-order valence-electron chi connectivity index (χ0n) is 12.2. The number of thiazole rings is 1. The van der Waals surface area contributed by atoms with Gasteiger partial charge in [0.25, 0.3) is 5.24 Å². The number of aromatic nitrogens is 1. The van der Waals surface area contributed by atoms with E-state index in [-0.39, 0.29) is 12.3 Å². The molecule has 0 saturated carbocycles. The summed E-state index contributed by atoms with van der Waals surface area (Å²) in [5.41, 5.74) is 1.15. The molecule has 3 rings (SSSR count). The standard InChI is InChI=1S/C15H12BrN3O3S2/c16-9-3-1-8(2-4-9)5-10-7-17-14(23-10)18-12(20)6-11-13(21)19-15(22)24-11/h1-4,7,11H,5-6H2,(H,17,18,20)(H,19,21,22)/t11-/m0/s1. The second kappa shape index (κ2) is 7.45. The number of anilines is 1. The number of benzene rings is 1. The van der Waals surface area contributed by atoms with Crippen LogP contribution in [0.3, 0.4) is 0 Å². The number of hydrogen-bond donors (Lipinski definition) is 2. The van der Waals surface area contributed by atoms with Gasteiger partial charge in [-0.1, -0.05) is 39.8 Å². The first kappa shape index (κ1) is 17.1. The summed E-state index contributed by atoms with van der Waals surface area (Å²) in [6, 6.07) is 8.00. The second-order valence-corrected chi connectivity index (χ2v) is 8.28. The molecule has 1 atom stereocenters. The van der Waals surface area contributed by atoms with Crippen molar-refractivity contribution >= 4 is 61.2 Å². The lowest BCUT2D eigenvalue weighted by Crippen LogP contribution is -2.27. The van der Waals surface area contributed by atoms with Crippen LogP contribution in [0.1, 0.15) is 16.9 Å². The quantitative estimate of drug-likeness (QED) is 0.767. The number of carbonyl (C=O) groups excluding carboxylic acids is 3. The van der Waals surface area contributed by atoms with E-state index in [0.717, 1.165) is 33.1 Å². The van der Waals surface area contributed by atoms with Crippen LogP contribution in [0.2, 0.25) is 0 Å². The average molecular weight is 426 g/mol. The van der Waals surface area contributed by atoms with Gasteiger partial charge in [-0.15, -0.1) is 11.3 Å². The first-order valence-electron chi connectivity index (χ1n) is 7.00. The molecule has 24 heavy (non-hydrogen) atoms. The van der Waals surface area contributed by atoms with Gasteiger partial charge in [-0.3, -0.25) is 19.7 Å². The van der Waals surface area contributed by atoms with E-state index < -0.39 is 16.4 Å². The summed E-state index contributed by atoms with van der Waals surface area (Å²) in [5, 5.41) is 4.24. The van der Waals surface area contributed by atoms with Gasteiger partial charge in [-0.2, -0.15) is 0 Å². The molecule has 2 heterocycles. The van der Waals surface area contributed by atoms with Crippen molar-refractivity contribution in [1.82, 2.24) is 10.3 Å². The third kappa shape index (κ3) is 4.43. The lowest BCUT2D eigenvalue weighted by atomic mass is 10.1. The van der Waals surface area contributed by atoms with Crippen LogP contribution in [0.5, 0.6) is 0 Å². The highest BCUT2D eigenvalue weighted by molar-refractivity contribution is 9.10. The maximum atomic E-state index is 12.0. The molecule has 0 radical (unpaired) electrons. The predicted molar refractivity (Wildman–Crippen MR) is 97.2 cm³/mol. The highest BCUT2D eigenvalue weighted by Crippen LogP contribution is 2.25. The lowest BCUT2D eigenvalue weighted by Gasteiger charge is -2.04. The molecule has 3 amide bonds. The van der Waals surface area contributed by atoms with Crippen LogP contribution in [0, 0.1) is 0 Å². The fourth-order valence-corrected chi connectivity index (χ4v) is 4.06. The lowest BCUT2D eigenvalue weighted by molar-refractivity contribution is -0.122. The van der Waals surface area contributed by atoms with E-state index in [1.54, 1.807) is 6.20 Å². The third-order valence-electron chi connectivity index (χ3n) is 3.23. The number of nitrogens with zero attached hydrogens (tertiary/aromatic N) is 1. The van der Waals surface area contributed by atoms with Gasteiger partial charge in [-0.25, -0.2) is 4.98 Å². The van der Waals surface area contributed by atoms with Crippen LogP contribution in [0.25, 0.3) is 0 Å². The summed E-state index contributed by atoms with van der Waals surface area (Å²) in [6.45, 7) is 0. The Morgan fingerprint density at radius 3 is 2.71 bits per heavy atom. The monoisotopic (exact) mass is 425 g/mol. The largest absolute Gasteiger partial charge is 0.302 e. The second-order valence-electron chi connectivity index (χ2n) is 5.07. The predicted octanol–water partition coefficient (Wildman–Crippen LogP) is 3.18.